The second-order valence-electron chi connectivity index (χ2n) is 8.18. The lowest BCUT2D eigenvalue weighted by atomic mass is 10.00. The Morgan fingerprint density at radius 2 is 2.06 bits per heavy atom. The molecule has 1 atom stereocenters. The maximum Gasteiger partial charge on any atom is 0.257 e. The monoisotopic (exact) mass is 448 g/mol. The van der Waals surface area contributed by atoms with Crippen molar-refractivity contribution in [2.75, 3.05) is 13.7 Å². The van der Waals surface area contributed by atoms with Crippen LogP contribution in [0.1, 0.15) is 68.8 Å². The van der Waals surface area contributed by atoms with Crippen LogP contribution in [-0.4, -0.2) is 50.5 Å². The van der Waals surface area contributed by atoms with Crippen LogP contribution >= 0.6 is 0 Å². The number of ether oxygens (including phenoxy) is 1. The van der Waals surface area contributed by atoms with E-state index in [1.165, 1.54) is 0 Å². The molecule has 1 fully saturated rings. The third-order valence-electron chi connectivity index (χ3n) is 5.95. The fraction of sp³-hybridized carbons (Fsp3) is 0.375. The van der Waals surface area contributed by atoms with Crippen molar-refractivity contribution in [2.45, 2.75) is 45.7 Å². The number of nitrogens with one attached hydrogen (secondary N) is 2. The molecule has 1 aliphatic heterocycles. The maximum atomic E-state index is 13.1. The van der Waals surface area contributed by atoms with Gasteiger partial charge in [0.2, 0.25) is 0 Å². The van der Waals surface area contributed by atoms with E-state index in [0.29, 0.717) is 35.7 Å². The number of rotatable bonds is 6. The summed E-state index contributed by atoms with van der Waals surface area (Å²) in [5, 5.41) is 9.71. The minimum atomic E-state index is -0.243. The smallest absolute Gasteiger partial charge is 0.257 e. The highest BCUT2D eigenvalue weighted by Gasteiger charge is 2.32. The molecule has 2 aromatic heterocycles. The molecular formula is C24H28N6O3. The molecule has 2 amide bonds. The number of piperidine rings is 1. The summed E-state index contributed by atoms with van der Waals surface area (Å²) in [6, 6.07) is 7.31. The zero-order valence-corrected chi connectivity index (χ0v) is 19.1. The molecule has 0 saturated carbocycles. The molecule has 0 bridgehead atoms. The molecule has 3 heterocycles. The number of aryl methyl sites for hydroxylation is 2. The lowest BCUT2D eigenvalue weighted by Crippen LogP contribution is -2.39. The van der Waals surface area contributed by atoms with Crippen LogP contribution in [0.15, 0.2) is 36.7 Å². The van der Waals surface area contributed by atoms with E-state index in [9.17, 15) is 9.59 Å². The number of aromatic nitrogens is 4. The third-order valence-corrected chi connectivity index (χ3v) is 5.95. The number of benzene rings is 1. The van der Waals surface area contributed by atoms with Crippen LogP contribution in [0.5, 0.6) is 5.75 Å². The van der Waals surface area contributed by atoms with Gasteiger partial charge in [-0.25, -0.2) is 9.97 Å². The predicted octanol–water partition coefficient (Wildman–Crippen LogP) is 3.12. The Balaban J connectivity index is 1.49. The fourth-order valence-corrected chi connectivity index (χ4v) is 4.09. The van der Waals surface area contributed by atoms with Gasteiger partial charge in [0.15, 0.2) is 5.82 Å². The zero-order chi connectivity index (χ0) is 23.4. The van der Waals surface area contributed by atoms with Crippen LogP contribution in [0.4, 0.5) is 0 Å². The van der Waals surface area contributed by atoms with Gasteiger partial charge in [0, 0.05) is 25.0 Å². The molecule has 0 unspecified atom stereocenters. The Bertz CT molecular complexity index is 1160. The molecule has 2 N–H and O–H groups in total. The number of carbonyl (C=O) groups is 2. The van der Waals surface area contributed by atoms with Crippen molar-refractivity contribution < 1.29 is 14.3 Å². The lowest BCUT2D eigenvalue weighted by molar-refractivity contribution is 0.0598. The van der Waals surface area contributed by atoms with Crippen molar-refractivity contribution in [2.24, 2.45) is 0 Å². The SMILES string of the molecule is COc1cccc(CNC(=O)c2cnc([C@@H]3CCCCN3C(=O)c3cn[nH]c3C)nc2C)c1. The first-order valence-corrected chi connectivity index (χ1v) is 11.0. The van der Waals surface area contributed by atoms with E-state index in [0.717, 1.165) is 36.3 Å². The molecule has 1 aromatic carbocycles. The van der Waals surface area contributed by atoms with Crippen LogP contribution in [0.25, 0.3) is 0 Å². The van der Waals surface area contributed by atoms with E-state index in [1.807, 2.05) is 36.1 Å². The summed E-state index contributed by atoms with van der Waals surface area (Å²) in [4.78, 5) is 36.8. The summed E-state index contributed by atoms with van der Waals surface area (Å²) in [6.07, 6.45) is 5.82. The average Bonchev–Trinajstić information content (AvgIpc) is 3.28. The molecule has 0 spiro atoms. The average molecular weight is 449 g/mol. The summed E-state index contributed by atoms with van der Waals surface area (Å²) in [7, 11) is 1.61. The first-order valence-electron chi connectivity index (χ1n) is 11.0. The van der Waals surface area contributed by atoms with Crippen molar-refractivity contribution in [3.05, 3.63) is 70.6 Å². The molecule has 9 nitrogen and oxygen atoms in total. The number of aromatic amines is 1. The molecule has 1 saturated heterocycles. The molecule has 0 radical (unpaired) electrons. The van der Waals surface area contributed by atoms with Gasteiger partial charge in [-0.1, -0.05) is 12.1 Å². The van der Waals surface area contributed by atoms with E-state index in [2.05, 4.69) is 25.5 Å². The van der Waals surface area contributed by atoms with Crippen LogP contribution < -0.4 is 10.1 Å². The van der Waals surface area contributed by atoms with E-state index in [-0.39, 0.29) is 17.9 Å². The molecule has 33 heavy (non-hydrogen) atoms. The lowest BCUT2D eigenvalue weighted by Gasteiger charge is -2.34. The van der Waals surface area contributed by atoms with Crippen molar-refractivity contribution in [1.82, 2.24) is 30.4 Å². The van der Waals surface area contributed by atoms with Gasteiger partial charge in [0.1, 0.15) is 5.75 Å². The highest BCUT2D eigenvalue weighted by atomic mass is 16.5. The summed E-state index contributed by atoms with van der Waals surface area (Å²) < 4.78 is 5.23. The number of carbonyl (C=O) groups excluding carboxylic acids is 2. The Morgan fingerprint density at radius 1 is 1.21 bits per heavy atom. The summed E-state index contributed by atoms with van der Waals surface area (Å²) in [5.74, 6) is 0.980. The number of amides is 2. The Labute approximate surface area is 192 Å². The van der Waals surface area contributed by atoms with Crippen LogP contribution in [0.2, 0.25) is 0 Å². The van der Waals surface area contributed by atoms with Crippen molar-refractivity contribution in [3.63, 3.8) is 0 Å². The van der Waals surface area contributed by atoms with E-state index in [1.54, 1.807) is 26.4 Å². The quantitative estimate of drug-likeness (QED) is 0.599. The Morgan fingerprint density at radius 3 is 2.79 bits per heavy atom. The summed E-state index contributed by atoms with van der Waals surface area (Å²) in [5.41, 5.74) is 3.24. The van der Waals surface area contributed by atoms with Gasteiger partial charge in [0.05, 0.1) is 36.2 Å². The van der Waals surface area contributed by atoms with Gasteiger partial charge in [0.25, 0.3) is 11.8 Å². The van der Waals surface area contributed by atoms with Gasteiger partial charge < -0.3 is 15.0 Å². The van der Waals surface area contributed by atoms with Crippen molar-refractivity contribution in [3.8, 4) is 5.75 Å². The number of nitrogens with zero attached hydrogens (tertiary/aromatic N) is 4. The van der Waals surface area contributed by atoms with Gasteiger partial charge in [-0.3, -0.25) is 14.7 Å². The molecular weight excluding hydrogens is 420 g/mol. The molecule has 1 aliphatic rings. The third kappa shape index (κ3) is 4.87. The van der Waals surface area contributed by atoms with Crippen molar-refractivity contribution in [1.29, 1.82) is 0 Å². The van der Waals surface area contributed by atoms with E-state index < -0.39 is 0 Å². The Hall–Kier alpha value is -3.75. The normalized spacial score (nSPS) is 15.8. The highest BCUT2D eigenvalue weighted by Crippen LogP contribution is 2.31. The standard InChI is InChI=1S/C24H28N6O3/c1-15-19(23(31)26-12-17-7-6-8-18(11-17)33-3)13-25-22(28-15)21-9-4-5-10-30(21)24(32)20-14-27-29-16(20)2/h6-8,11,13-14,21H,4-5,9-10,12H2,1-3H3,(H,26,31)(H,27,29)/t21-/m0/s1. The molecule has 4 rings (SSSR count). The first-order chi connectivity index (χ1) is 16.0. The first kappa shape index (κ1) is 22.4. The molecule has 0 aliphatic carbocycles. The number of H-pyrrole nitrogens is 1. The Kier molecular flexibility index (Phi) is 6.67. The number of likely N-dealkylation sites (tertiary alicyclic amines) is 1. The van der Waals surface area contributed by atoms with Gasteiger partial charge >= 0.3 is 0 Å². The largest absolute Gasteiger partial charge is 0.497 e. The van der Waals surface area contributed by atoms with Crippen LogP contribution in [-0.2, 0) is 6.54 Å². The van der Waals surface area contributed by atoms with Gasteiger partial charge in [-0.2, -0.15) is 5.10 Å². The summed E-state index contributed by atoms with van der Waals surface area (Å²) in [6.45, 7) is 4.63. The number of methoxy groups -OCH3 is 1. The van der Waals surface area contributed by atoms with Crippen molar-refractivity contribution >= 4 is 11.8 Å². The zero-order valence-electron chi connectivity index (χ0n) is 19.1. The molecule has 172 valence electrons. The topological polar surface area (TPSA) is 113 Å². The highest BCUT2D eigenvalue weighted by molar-refractivity contribution is 5.95. The maximum absolute atomic E-state index is 13.1. The second-order valence-corrected chi connectivity index (χ2v) is 8.18. The van der Waals surface area contributed by atoms with Crippen LogP contribution in [0, 0.1) is 13.8 Å². The number of hydrogen-bond acceptors (Lipinski definition) is 6. The number of hydrogen-bond donors (Lipinski definition) is 2. The minimum absolute atomic E-state index is 0.0766. The minimum Gasteiger partial charge on any atom is -0.497 e. The van der Waals surface area contributed by atoms with Gasteiger partial charge in [-0.15, -0.1) is 0 Å². The second kappa shape index (κ2) is 9.81. The predicted molar refractivity (Wildman–Crippen MR) is 122 cm³/mol. The molecule has 9 heteroatoms. The van der Waals surface area contributed by atoms with E-state index in [4.69, 9.17) is 4.74 Å². The molecule has 3 aromatic rings. The van der Waals surface area contributed by atoms with E-state index >= 15 is 0 Å². The summed E-state index contributed by atoms with van der Waals surface area (Å²) >= 11 is 0. The fourth-order valence-electron chi connectivity index (χ4n) is 4.09. The van der Waals surface area contributed by atoms with Gasteiger partial charge in [-0.05, 0) is 50.8 Å². The van der Waals surface area contributed by atoms with Crippen LogP contribution in [0.3, 0.4) is 0 Å².